The van der Waals surface area contributed by atoms with Crippen molar-refractivity contribution in [1.29, 1.82) is 0 Å². The van der Waals surface area contributed by atoms with Crippen molar-refractivity contribution in [3.05, 3.63) is 42.0 Å². The quantitative estimate of drug-likeness (QED) is 0.891. The molecule has 1 fully saturated rings. The second-order valence-electron chi connectivity index (χ2n) is 6.37. The summed E-state index contributed by atoms with van der Waals surface area (Å²) < 4.78 is 10.6. The highest BCUT2D eigenvalue weighted by Gasteiger charge is 2.35. The molecule has 1 heterocycles. The number of ether oxygens (including phenoxy) is 2. The fraction of sp³-hybridized carbons (Fsp3) is 0.474. The Morgan fingerprint density at radius 1 is 1.17 bits per heavy atom. The van der Waals surface area contributed by atoms with Gasteiger partial charge in [0, 0.05) is 38.6 Å². The summed E-state index contributed by atoms with van der Waals surface area (Å²) in [7, 11) is 1.68. The van der Waals surface area contributed by atoms with Crippen molar-refractivity contribution in [3.63, 3.8) is 0 Å². The SMILES string of the molecule is COc1ccc2cc(CNC(C)C3(O)CCOCC3)ccc2c1. The predicted molar refractivity (Wildman–Crippen MR) is 91.8 cm³/mol. The van der Waals surface area contributed by atoms with Crippen LogP contribution in [0.1, 0.15) is 25.3 Å². The highest BCUT2D eigenvalue weighted by Crippen LogP contribution is 2.25. The molecule has 3 rings (SSSR count). The lowest BCUT2D eigenvalue weighted by molar-refractivity contribution is -0.0819. The molecule has 1 atom stereocenters. The molecule has 0 bridgehead atoms. The molecule has 0 saturated carbocycles. The first-order chi connectivity index (χ1) is 11.1. The molecule has 0 spiro atoms. The standard InChI is InChI=1S/C19H25NO3/c1-14(19(21)7-9-23-10-8-19)20-13-15-3-4-17-12-18(22-2)6-5-16(17)11-15/h3-6,11-12,14,20-21H,7-10,13H2,1-2H3. The summed E-state index contributed by atoms with van der Waals surface area (Å²) in [5, 5.41) is 16.5. The zero-order chi connectivity index (χ0) is 16.3. The van der Waals surface area contributed by atoms with Gasteiger partial charge in [0.25, 0.3) is 0 Å². The number of methoxy groups -OCH3 is 1. The number of hydrogen-bond acceptors (Lipinski definition) is 4. The van der Waals surface area contributed by atoms with Crippen LogP contribution >= 0.6 is 0 Å². The third-order valence-electron chi connectivity index (χ3n) is 4.89. The summed E-state index contributed by atoms with van der Waals surface area (Å²) in [6, 6.07) is 12.6. The third-order valence-corrected chi connectivity index (χ3v) is 4.89. The van der Waals surface area contributed by atoms with Crippen LogP contribution in [-0.2, 0) is 11.3 Å². The minimum absolute atomic E-state index is 0.0398. The molecular formula is C19H25NO3. The molecular weight excluding hydrogens is 290 g/mol. The molecule has 1 unspecified atom stereocenters. The molecule has 1 aliphatic rings. The van der Waals surface area contributed by atoms with E-state index < -0.39 is 5.60 Å². The highest BCUT2D eigenvalue weighted by molar-refractivity contribution is 5.84. The zero-order valence-corrected chi connectivity index (χ0v) is 13.8. The van der Waals surface area contributed by atoms with Crippen LogP contribution < -0.4 is 10.1 Å². The van der Waals surface area contributed by atoms with Gasteiger partial charge in [0.1, 0.15) is 5.75 Å². The van der Waals surface area contributed by atoms with E-state index in [1.54, 1.807) is 7.11 Å². The normalized spacial score (nSPS) is 18.7. The minimum atomic E-state index is -0.664. The van der Waals surface area contributed by atoms with E-state index in [2.05, 4.69) is 36.5 Å². The Hall–Kier alpha value is -1.62. The molecule has 4 heteroatoms. The minimum Gasteiger partial charge on any atom is -0.497 e. The molecule has 23 heavy (non-hydrogen) atoms. The van der Waals surface area contributed by atoms with Gasteiger partial charge in [0.2, 0.25) is 0 Å². The molecule has 2 aromatic carbocycles. The van der Waals surface area contributed by atoms with Crippen LogP contribution in [0, 0.1) is 0 Å². The molecule has 0 aliphatic carbocycles. The van der Waals surface area contributed by atoms with Crippen LogP contribution in [0.5, 0.6) is 5.75 Å². The predicted octanol–water partition coefficient (Wildman–Crippen LogP) is 2.87. The largest absolute Gasteiger partial charge is 0.497 e. The van der Waals surface area contributed by atoms with Gasteiger partial charge < -0.3 is 19.9 Å². The fourth-order valence-electron chi connectivity index (χ4n) is 3.13. The molecule has 1 saturated heterocycles. The Morgan fingerprint density at radius 3 is 2.61 bits per heavy atom. The molecule has 124 valence electrons. The van der Waals surface area contributed by atoms with Gasteiger partial charge in [-0.3, -0.25) is 0 Å². The van der Waals surface area contributed by atoms with Crippen molar-refractivity contribution in [1.82, 2.24) is 5.32 Å². The molecule has 2 N–H and O–H groups in total. The fourth-order valence-corrected chi connectivity index (χ4v) is 3.13. The maximum atomic E-state index is 10.7. The van der Waals surface area contributed by atoms with Crippen LogP contribution in [0.25, 0.3) is 10.8 Å². The Kier molecular flexibility index (Phi) is 4.85. The van der Waals surface area contributed by atoms with E-state index in [1.165, 1.54) is 16.3 Å². The van der Waals surface area contributed by atoms with Gasteiger partial charge in [0.05, 0.1) is 12.7 Å². The lowest BCUT2D eigenvalue weighted by Crippen LogP contribution is -2.51. The van der Waals surface area contributed by atoms with E-state index in [9.17, 15) is 5.11 Å². The van der Waals surface area contributed by atoms with Crippen LogP contribution in [-0.4, -0.2) is 37.1 Å². The lowest BCUT2D eigenvalue weighted by Gasteiger charge is -2.37. The van der Waals surface area contributed by atoms with Crippen molar-refractivity contribution in [2.75, 3.05) is 20.3 Å². The second kappa shape index (κ2) is 6.87. The first kappa shape index (κ1) is 16.2. The molecule has 1 aliphatic heterocycles. The van der Waals surface area contributed by atoms with Crippen molar-refractivity contribution in [2.24, 2.45) is 0 Å². The van der Waals surface area contributed by atoms with Gasteiger partial charge in [-0.15, -0.1) is 0 Å². The van der Waals surface area contributed by atoms with Crippen LogP contribution in [0.3, 0.4) is 0 Å². The van der Waals surface area contributed by atoms with Crippen LogP contribution in [0.2, 0.25) is 0 Å². The molecule has 2 aromatic rings. The summed E-state index contributed by atoms with van der Waals surface area (Å²) in [4.78, 5) is 0. The van der Waals surface area contributed by atoms with E-state index in [4.69, 9.17) is 9.47 Å². The van der Waals surface area contributed by atoms with E-state index in [1.807, 2.05) is 12.1 Å². The van der Waals surface area contributed by atoms with Gasteiger partial charge in [-0.2, -0.15) is 0 Å². The Morgan fingerprint density at radius 2 is 1.87 bits per heavy atom. The summed E-state index contributed by atoms with van der Waals surface area (Å²) in [5.74, 6) is 0.874. The Labute approximate surface area is 137 Å². The van der Waals surface area contributed by atoms with E-state index in [0.29, 0.717) is 26.1 Å². The average molecular weight is 315 g/mol. The Balaban J connectivity index is 1.67. The maximum absolute atomic E-state index is 10.7. The van der Waals surface area contributed by atoms with Gasteiger partial charge in [-0.1, -0.05) is 18.2 Å². The van der Waals surface area contributed by atoms with Crippen molar-refractivity contribution < 1.29 is 14.6 Å². The molecule has 0 amide bonds. The van der Waals surface area contributed by atoms with Crippen molar-refractivity contribution in [3.8, 4) is 5.75 Å². The van der Waals surface area contributed by atoms with Gasteiger partial charge in [-0.25, -0.2) is 0 Å². The van der Waals surface area contributed by atoms with Gasteiger partial charge in [0.15, 0.2) is 0 Å². The van der Waals surface area contributed by atoms with E-state index >= 15 is 0 Å². The molecule has 0 radical (unpaired) electrons. The topological polar surface area (TPSA) is 50.7 Å². The summed E-state index contributed by atoms with van der Waals surface area (Å²) in [6.07, 6.45) is 1.39. The first-order valence-corrected chi connectivity index (χ1v) is 8.21. The highest BCUT2D eigenvalue weighted by atomic mass is 16.5. The van der Waals surface area contributed by atoms with Crippen LogP contribution in [0.15, 0.2) is 36.4 Å². The summed E-state index contributed by atoms with van der Waals surface area (Å²) in [5.41, 5.74) is 0.549. The first-order valence-electron chi connectivity index (χ1n) is 8.21. The van der Waals surface area contributed by atoms with Crippen LogP contribution in [0.4, 0.5) is 0 Å². The molecule has 0 aromatic heterocycles. The van der Waals surface area contributed by atoms with E-state index in [0.717, 1.165) is 12.3 Å². The van der Waals surface area contributed by atoms with E-state index in [-0.39, 0.29) is 6.04 Å². The third kappa shape index (κ3) is 3.66. The monoisotopic (exact) mass is 315 g/mol. The lowest BCUT2D eigenvalue weighted by atomic mass is 9.87. The zero-order valence-electron chi connectivity index (χ0n) is 13.8. The number of hydrogen-bond donors (Lipinski definition) is 2. The number of aliphatic hydroxyl groups is 1. The molecule has 4 nitrogen and oxygen atoms in total. The van der Waals surface area contributed by atoms with Crippen molar-refractivity contribution in [2.45, 2.75) is 38.0 Å². The number of rotatable bonds is 5. The smallest absolute Gasteiger partial charge is 0.119 e. The number of nitrogens with one attached hydrogen (secondary N) is 1. The summed E-state index contributed by atoms with van der Waals surface area (Å²) in [6.45, 7) is 4.07. The van der Waals surface area contributed by atoms with Gasteiger partial charge >= 0.3 is 0 Å². The number of benzene rings is 2. The second-order valence-corrected chi connectivity index (χ2v) is 6.37. The number of fused-ring (bicyclic) bond motifs is 1. The summed E-state index contributed by atoms with van der Waals surface area (Å²) >= 11 is 0. The maximum Gasteiger partial charge on any atom is 0.119 e. The van der Waals surface area contributed by atoms with Crippen molar-refractivity contribution >= 4 is 10.8 Å². The average Bonchev–Trinajstić information content (AvgIpc) is 2.59. The Bertz CT molecular complexity index is 665. The van der Waals surface area contributed by atoms with Gasteiger partial charge in [-0.05, 0) is 41.5 Å².